The molecule has 0 atom stereocenters. The van der Waals surface area contributed by atoms with E-state index >= 15 is 0 Å². The van der Waals surface area contributed by atoms with Gasteiger partial charge in [-0.25, -0.2) is 0 Å². The highest BCUT2D eigenvalue weighted by Crippen LogP contribution is 2.17. The summed E-state index contributed by atoms with van der Waals surface area (Å²) in [5, 5.41) is 0.831. The van der Waals surface area contributed by atoms with Gasteiger partial charge in [-0.3, -0.25) is 4.79 Å². The first-order valence-corrected chi connectivity index (χ1v) is 5.44. The Kier molecular flexibility index (Phi) is 3.32. The van der Waals surface area contributed by atoms with Gasteiger partial charge in [-0.1, -0.05) is 23.7 Å². The van der Waals surface area contributed by atoms with E-state index < -0.39 is 0 Å². The molecule has 1 aromatic carbocycles. The van der Waals surface area contributed by atoms with E-state index in [4.69, 9.17) is 27.6 Å². The van der Waals surface area contributed by atoms with Crippen LogP contribution in [-0.2, 0) is 6.42 Å². The Morgan fingerprint density at radius 2 is 2.00 bits per heavy atom. The van der Waals surface area contributed by atoms with Crippen LogP contribution in [0.2, 0.25) is 10.2 Å². The predicted molar refractivity (Wildman–Crippen MR) is 63.2 cm³/mol. The van der Waals surface area contributed by atoms with E-state index in [0.717, 1.165) is 5.56 Å². The highest BCUT2D eigenvalue weighted by Gasteiger charge is 2.11. The van der Waals surface area contributed by atoms with Crippen LogP contribution in [-0.4, -0.2) is 5.78 Å². The van der Waals surface area contributed by atoms with Gasteiger partial charge in [0.2, 0.25) is 5.78 Å². The average molecular weight is 255 g/mol. The molecule has 2 nitrogen and oxygen atoms in total. The summed E-state index contributed by atoms with van der Waals surface area (Å²) in [6.45, 7) is 0. The molecule has 0 fully saturated rings. The predicted octanol–water partition coefficient (Wildman–Crippen LogP) is 4.01. The van der Waals surface area contributed by atoms with E-state index in [-0.39, 0.29) is 23.2 Å². The third-order valence-corrected chi connectivity index (χ3v) is 2.54. The Bertz CT molecular complexity index is 517. The minimum Gasteiger partial charge on any atom is -0.442 e. The maximum absolute atomic E-state index is 11.7. The topological polar surface area (TPSA) is 30.2 Å². The van der Waals surface area contributed by atoms with Gasteiger partial charge >= 0.3 is 0 Å². The van der Waals surface area contributed by atoms with Gasteiger partial charge in [0.15, 0.2) is 11.0 Å². The number of benzene rings is 1. The highest BCUT2D eigenvalue weighted by molar-refractivity contribution is 6.30. The summed E-state index contributed by atoms with van der Waals surface area (Å²) in [4.78, 5) is 11.7. The molecule has 1 aromatic heterocycles. The summed E-state index contributed by atoms with van der Waals surface area (Å²) in [5.74, 6) is 0.152. The molecule has 0 aliphatic rings. The molecule has 0 amide bonds. The Morgan fingerprint density at radius 1 is 1.19 bits per heavy atom. The normalized spacial score (nSPS) is 10.4. The van der Waals surface area contributed by atoms with Crippen molar-refractivity contribution in [3.8, 4) is 0 Å². The fraction of sp³-hybridized carbons (Fsp3) is 0.0833. The van der Waals surface area contributed by atoms with Crippen LogP contribution in [0.5, 0.6) is 0 Å². The van der Waals surface area contributed by atoms with Gasteiger partial charge in [-0.15, -0.1) is 0 Å². The van der Waals surface area contributed by atoms with Gasteiger partial charge < -0.3 is 4.42 Å². The first-order valence-electron chi connectivity index (χ1n) is 4.68. The first-order chi connectivity index (χ1) is 7.65. The molecule has 0 radical (unpaired) electrons. The smallest absolute Gasteiger partial charge is 0.202 e. The number of carbonyl (C=O) groups is 1. The summed E-state index contributed by atoms with van der Waals surface area (Å²) < 4.78 is 5.03. The lowest BCUT2D eigenvalue weighted by Gasteiger charge is -1.99. The minimum absolute atomic E-state index is 0.117. The van der Waals surface area contributed by atoms with Crippen LogP contribution in [0.4, 0.5) is 0 Å². The molecule has 2 rings (SSSR count). The molecule has 0 saturated heterocycles. The molecule has 1 heterocycles. The van der Waals surface area contributed by atoms with Crippen LogP contribution >= 0.6 is 23.2 Å². The van der Waals surface area contributed by atoms with Crippen molar-refractivity contribution in [1.29, 1.82) is 0 Å². The standard InChI is InChI=1S/C12H8Cl2O2/c13-9-3-1-2-8(6-9)7-10(15)11-4-5-12(14)16-11/h1-6H,7H2. The average Bonchev–Trinajstić information content (AvgIpc) is 2.65. The monoisotopic (exact) mass is 254 g/mol. The van der Waals surface area contributed by atoms with E-state index in [0.29, 0.717) is 5.02 Å². The van der Waals surface area contributed by atoms with Crippen molar-refractivity contribution in [1.82, 2.24) is 0 Å². The van der Waals surface area contributed by atoms with Gasteiger partial charge in [0.25, 0.3) is 0 Å². The van der Waals surface area contributed by atoms with Gasteiger partial charge in [0.05, 0.1) is 0 Å². The second kappa shape index (κ2) is 4.73. The first kappa shape index (κ1) is 11.2. The molecule has 0 aliphatic heterocycles. The Morgan fingerprint density at radius 3 is 2.62 bits per heavy atom. The summed E-state index contributed by atoms with van der Waals surface area (Å²) in [6, 6.07) is 10.3. The summed E-state index contributed by atoms with van der Waals surface area (Å²) in [7, 11) is 0. The van der Waals surface area contributed by atoms with Crippen molar-refractivity contribution >= 4 is 29.0 Å². The zero-order valence-electron chi connectivity index (χ0n) is 8.24. The molecule has 0 spiro atoms. The Labute approximate surface area is 103 Å². The molecule has 2 aromatic rings. The molecular weight excluding hydrogens is 247 g/mol. The largest absolute Gasteiger partial charge is 0.442 e. The van der Waals surface area contributed by atoms with Crippen LogP contribution in [0.1, 0.15) is 16.1 Å². The summed E-state index contributed by atoms with van der Waals surface area (Å²) in [6.07, 6.45) is 0.254. The number of hydrogen-bond donors (Lipinski definition) is 0. The number of halogens is 2. The van der Waals surface area contributed by atoms with Crippen molar-refractivity contribution in [3.63, 3.8) is 0 Å². The molecule has 0 N–H and O–H groups in total. The number of hydrogen-bond acceptors (Lipinski definition) is 2. The van der Waals surface area contributed by atoms with E-state index in [1.165, 1.54) is 0 Å². The molecule has 0 unspecified atom stereocenters. The van der Waals surface area contributed by atoms with Crippen LogP contribution in [0.3, 0.4) is 0 Å². The van der Waals surface area contributed by atoms with Crippen molar-refractivity contribution in [3.05, 3.63) is 58.0 Å². The van der Waals surface area contributed by atoms with E-state index in [1.54, 1.807) is 30.3 Å². The SMILES string of the molecule is O=C(Cc1cccc(Cl)c1)c1ccc(Cl)o1. The number of ketones is 1. The van der Waals surface area contributed by atoms with Crippen LogP contribution in [0, 0.1) is 0 Å². The third-order valence-electron chi connectivity index (χ3n) is 2.10. The maximum atomic E-state index is 11.7. The maximum Gasteiger partial charge on any atom is 0.202 e. The summed E-state index contributed by atoms with van der Waals surface area (Å²) >= 11 is 11.4. The zero-order valence-corrected chi connectivity index (χ0v) is 9.76. The third kappa shape index (κ3) is 2.65. The fourth-order valence-electron chi connectivity index (χ4n) is 1.38. The lowest BCUT2D eigenvalue weighted by molar-refractivity contribution is 0.0966. The van der Waals surface area contributed by atoms with Gasteiger partial charge in [0.1, 0.15) is 0 Å². The van der Waals surface area contributed by atoms with E-state index in [2.05, 4.69) is 0 Å². The van der Waals surface area contributed by atoms with Gasteiger partial charge in [-0.05, 0) is 41.4 Å². The highest BCUT2D eigenvalue weighted by atomic mass is 35.5. The second-order valence-electron chi connectivity index (χ2n) is 3.33. The second-order valence-corrected chi connectivity index (χ2v) is 4.14. The molecule has 4 heteroatoms. The summed E-state index contributed by atoms with van der Waals surface area (Å²) in [5.41, 5.74) is 0.852. The molecule has 16 heavy (non-hydrogen) atoms. The lowest BCUT2D eigenvalue weighted by Crippen LogP contribution is -2.01. The quantitative estimate of drug-likeness (QED) is 0.775. The molecular formula is C12H8Cl2O2. The minimum atomic E-state index is -0.117. The molecule has 0 saturated carbocycles. The van der Waals surface area contributed by atoms with Crippen molar-refractivity contribution in [2.24, 2.45) is 0 Å². The number of carbonyl (C=O) groups excluding carboxylic acids is 1. The number of Topliss-reactive ketones (excluding diaryl/α,β-unsaturated/α-hetero) is 1. The van der Waals surface area contributed by atoms with Crippen LogP contribution < -0.4 is 0 Å². The Hall–Kier alpha value is -1.25. The number of furan rings is 1. The molecule has 0 bridgehead atoms. The Balaban J connectivity index is 2.13. The van der Waals surface area contributed by atoms with Crippen molar-refractivity contribution < 1.29 is 9.21 Å². The van der Waals surface area contributed by atoms with E-state index in [9.17, 15) is 4.79 Å². The van der Waals surface area contributed by atoms with Gasteiger partial charge in [0, 0.05) is 11.4 Å². The van der Waals surface area contributed by atoms with Gasteiger partial charge in [-0.2, -0.15) is 0 Å². The van der Waals surface area contributed by atoms with Crippen molar-refractivity contribution in [2.45, 2.75) is 6.42 Å². The lowest BCUT2D eigenvalue weighted by atomic mass is 10.1. The van der Waals surface area contributed by atoms with Crippen molar-refractivity contribution in [2.75, 3.05) is 0 Å². The van der Waals surface area contributed by atoms with Crippen LogP contribution in [0.25, 0.3) is 0 Å². The van der Waals surface area contributed by atoms with E-state index in [1.807, 2.05) is 6.07 Å². The zero-order chi connectivity index (χ0) is 11.5. The van der Waals surface area contributed by atoms with Crippen LogP contribution in [0.15, 0.2) is 40.8 Å². The molecule has 82 valence electrons. The number of rotatable bonds is 3. The molecule has 0 aliphatic carbocycles. The fourth-order valence-corrected chi connectivity index (χ4v) is 1.74.